The van der Waals surface area contributed by atoms with E-state index in [0.717, 1.165) is 5.56 Å². The van der Waals surface area contributed by atoms with E-state index in [-0.39, 0.29) is 16.9 Å². The van der Waals surface area contributed by atoms with Crippen molar-refractivity contribution in [1.82, 2.24) is 0 Å². The molecule has 6 nitrogen and oxygen atoms in total. The number of carbonyl (C=O) groups excluding carboxylic acids is 1. The Morgan fingerprint density at radius 3 is 2.71 bits per heavy atom. The minimum atomic E-state index is -0.964. The summed E-state index contributed by atoms with van der Waals surface area (Å²) in [7, 11) is 1.25. The number of fused-ring (bicyclic) bond motifs is 1. The lowest BCUT2D eigenvalue weighted by molar-refractivity contribution is -0.147. The molecule has 0 N–H and O–H groups in total. The van der Waals surface area contributed by atoms with Gasteiger partial charge in [-0.05, 0) is 38.1 Å². The summed E-state index contributed by atoms with van der Waals surface area (Å²) in [6, 6.07) is 8.58. The fraction of sp³-hybridized carbons (Fsp3) is 0.222. The molecular weight excluding hydrogens is 312 g/mol. The fourth-order valence-corrected chi connectivity index (χ4v) is 2.36. The summed E-state index contributed by atoms with van der Waals surface area (Å²) in [5, 5.41) is 0.373. The van der Waals surface area contributed by atoms with Gasteiger partial charge in [0.25, 0.3) is 0 Å². The smallest absolute Gasteiger partial charge is 0.346 e. The van der Waals surface area contributed by atoms with Gasteiger partial charge in [0, 0.05) is 0 Å². The lowest BCUT2D eigenvalue weighted by atomic mass is 10.1. The zero-order valence-electron chi connectivity index (χ0n) is 13.5. The third-order valence-corrected chi connectivity index (χ3v) is 3.58. The average molecular weight is 328 g/mol. The molecule has 0 aliphatic carbocycles. The zero-order chi connectivity index (χ0) is 17.3. The number of rotatable bonds is 4. The molecule has 0 amide bonds. The Kier molecular flexibility index (Phi) is 4.12. The Balaban J connectivity index is 2.23. The van der Waals surface area contributed by atoms with Crippen LogP contribution in [0.5, 0.6) is 5.75 Å². The standard InChI is InChI=1S/C18H16O6/c1-10-6-7-13-12(9-10)15(19)17(23-11(2)18(20)21-3)16(24-13)14-5-4-8-22-14/h4-9,11H,1-3H3/t11-/m0/s1. The number of furan rings is 1. The van der Waals surface area contributed by atoms with Gasteiger partial charge in [-0.3, -0.25) is 4.79 Å². The number of hydrogen-bond donors (Lipinski definition) is 0. The van der Waals surface area contributed by atoms with Gasteiger partial charge in [0.2, 0.25) is 16.9 Å². The highest BCUT2D eigenvalue weighted by atomic mass is 16.6. The molecule has 0 fully saturated rings. The van der Waals surface area contributed by atoms with Gasteiger partial charge in [0.15, 0.2) is 11.9 Å². The predicted molar refractivity (Wildman–Crippen MR) is 87.0 cm³/mol. The molecule has 2 aromatic heterocycles. The van der Waals surface area contributed by atoms with Crippen LogP contribution in [0.15, 0.2) is 50.2 Å². The normalized spacial score (nSPS) is 12.1. The molecule has 0 bridgehead atoms. The molecule has 0 aliphatic heterocycles. The molecule has 6 heteroatoms. The molecule has 1 aromatic carbocycles. The summed E-state index contributed by atoms with van der Waals surface area (Å²) < 4.78 is 21.3. The molecule has 3 aromatic rings. The summed E-state index contributed by atoms with van der Waals surface area (Å²) in [5.41, 5.74) is 0.949. The molecule has 2 heterocycles. The van der Waals surface area contributed by atoms with Crippen molar-refractivity contribution in [2.75, 3.05) is 7.11 Å². The molecular formula is C18H16O6. The Morgan fingerprint density at radius 1 is 1.25 bits per heavy atom. The van der Waals surface area contributed by atoms with Crippen molar-refractivity contribution >= 4 is 16.9 Å². The first-order chi connectivity index (χ1) is 11.5. The Hall–Kier alpha value is -3.02. The van der Waals surface area contributed by atoms with Crippen LogP contribution >= 0.6 is 0 Å². The van der Waals surface area contributed by atoms with Crippen LogP contribution in [-0.2, 0) is 9.53 Å². The van der Waals surface area contributed by atoms with E-state index in [1.807, 2.05) is 13.0 Å². The molecule has 3 rings (SSSR count). The molecule has 0 aliphatic rings. The third kappa shape index (κ3) is 2.78. The summed E-state index contributed by atoms with van der Waals surface area (Å²) in [4.78, 5) is 24.5. The van der Waals surface area contributed by atoms with Crippen molar-refractivity contribution in [1.29, 1.82) is 0 Å². The first kappa shape index (κ1) is 15.9. The molecule has 124 valence electrons. The number of methoxy groups -OCH3 is 1. The van der Waals surface area contributed by atoms with Crippen molar-refractivity contribution in [2.45, 2.75) is 20.0 Å². The highest BCUT2D eigenvalue weighted by Gasteiger charge is 2.24. The lowest BCUT2D eigenvalue weighted by Gasteiger charge is -2.14. The number of hydrogen-bond acceptors (Lipinski definition) is 6. The van der Waals surface area contributed by atoms with Crippen LogP contribution in [0, 0.1) is 6.92 Å². The van der Waals surface area contributed by atoms with Gasteiger partial charge in [-0.1, -0.05) is 11.6 Å². The second-order valence-corrected chi connectivity index (χ2v) is 5.35. The van der Waals surface area contributed by atoms with Gasteiger partial charge in [-0.15, -0.1) is 0 Å². The largest absolute Gasteiger partial charge is 0.471 e. The molecule has 0 unspecified atom stereocenters. The summed E-state index contributed by atoms with van der Waals surface area (Å²) >= 11 is 0. The van der Waals surface area contributed by atoms with Crippen LogP contribution in [0.2, 0.25) is 0 Å². The van der Waals surface area contributed by atoms with Crippen molar-refractivity contribution in [3.8, 4) is 17.3 Å². The maximum atomic E-state index is 12.9. The van der Waals surface area contributed by atoms with Crippen LogP contribution in [0.25, 0.3) is 22.5 Å². The fourth-order valence-electron chi connectivity index (χ4n) is 2.36. The van der Waals surface area contributed by atoms with Crippen molar-refractivity contribution in [3.63, 3.8) is 0 Å². The SMILES string of the molecule is COC(=O)[C@H](C)Oc1c(-c2ccco2)oc2ccc(C)cc2c1=O. The zero-order valence-corrected chi connectivity index (χ0v) is 13.5. The highest BCUT2D eigenvalue weighted by Crippen LogP contribution is 2.32. The summed E-state index contributed by atoms with van der Waals surface area (Å²) in [5.74, 6) is -0.205. The van der Waals surface area contributed by atoms with E-state index in [1.54, 1.807) is 24.3 Å². The molecule has 1 atom stereocenters. The number of carbonyl (C=O) groups is 1. The second kappa shape index (κ2) is 6.23. The van der Waals surface area contributed by atoms with Crippen LogP contribution in [-0.4, -0.2) is 19.2 Å². The predicted octanol–water partition coefficient (Wildman–Crippen LogP) is 3.30. The second-order valence-electron chi connectivity index (χ2n) is 5.35. The van der Waals surface area contributed by atoms with Crippen molar-refractivity contribution < 1.29 is 23.1 Å². The monoisotopic (exact) mass is 328 g/mol. The first-order valence-corrected chi connectivity index (χ1v) is 7.37. The number of benzene rings is 1. The Labute approximate surface area is 137 Å². The van der Waals surface area contributed by atoms with Gasteiger partial charge in [-0.2, -0.15) is 0 Å². The summed E-state index contributed by atoms with van der Waals surface area (Å²) in [6.45, 7) is 3.37. The highest BCUT2D eigenvalue weighted by molar-refractivity contribution is 5.82. The van der Waals surface area contributed by atoms with Crippen LogP contribution in [0.3, 0.4) is 0 Å². The van der Waals surface area contributed by atoms with Gasteiger partial charge < -0.3 is 18.3 Å². The molecule has 0 spiro atoms. The van der Waals surface area contributed by atoms with E-state index in [9.17, 15) is 9.59 Å². The van der Waals surface area contributed by atoms with E-state index in [4.69, 9.17) is 13.6 Å². The Bertz CT molecular complexity index is 936. The topological polar surface area (TPSA) is 78.9 Å². The van der Waals surface area contributed by atoms with Gasteiger partial charge >= 0.3 is 5.97 Å². The van der Waals surface area contributed by atoms with E-state index >= 15 is 0 Å². The Morgan fingerprint density at radius 2 is 2.04 bits per heavy atom. The number of aryl methyl sites for hydroxylation is 1. The quantitative estimate of drug-likeness (QED) is 0.684. The van der Waals surface area contributed by atoms with E-state index in [0.29, 0.717) is 16.7 Å². The molecule has 0 saturated carbocycles. The van der Waals surface area contributed by atoms with Crippen LogP contribution in [0.4, 0.5) is 0 Å². The van der Waals surface area contributed by atoms with Gasteiger partial charge in [0.05, 0.1) is 18.8 Å². The number of ether oxygens (including phenoxy) is 2. The maximum absolute atomic E-state index is 12.9. The lowest BCUT2D eigenvalue weighted by Crippen LogP contribution is -2.27. The van der Waals surface area contributed by atoms with E-state index in [2.05, 4.69) is 4.74 Å². The summed E-state index contributed by atoms with van der Waals surface area (Å²) in [6.07, 6.45) is 0.496. The first-order valence-electron chi connectivity index (χ1n) is 7.37. The average Bonchev–Trinajstić information content (AvgIpc) is 3.11. The van der Waals surface area contributed by atoms with Crippen molar-refractivity contribution in [3.05, 3.63) is 52.4 Å². The van der Waals surface area contributed by atoms with Gasteiger partial charge in [-0.25, -0.2) is 4.79 Å². The maximum Gasteiger partial charge on any atom is 0.346 e. The van der Waals surface area contributed by atoms with Gasteiger partial charge in [0.1, 0.15) is 5.58 Å². The van der Waals surface area contributed by atoms with Crippen LogP contribution in [0.1, 0.15) is 12.5 Å². The minimum absolute atomic E-state index is 0.0825. The van der Waals surface area contributed by atoms with Crippen molar-refractivity contribution in [2.24, 2.45) is 0 Å². The van der Waals surface area contributed by atoms with Crippen LogP contribution < -0.4 is 10.2 Å². The third-order valence-electron chi connectivity index (χ3n) is 3.58. The van der Waals surface area contributed by atoms with E-state index in [1.165, 1.54) is 20.3 Å². The molecule has 24 heavy (non-hydrogen) atoms. The molecule has 0 radical (unpaired) electrons. The number of esters is 1. The molecule has 0 saturated heterocycles. The minimum Gasteiger partial charge on any atom is -0.471 e. The van der Waals surface area contributed by atoms with E-state index < -0.39 is 12.1 Å².